The van der Waals surface area contributed by atoms with Crippen LogP contribution >= 0.6 is 11.6 Å². The molecule has 1 atom stereocenters. The van der Waals surface area contributed by atoms with Gasteiger partial charge in [0, 0.05) is 12.6 Å². The van der Waals surface area contributed by atoms with Crippen molar-refractivity contribution in [3.63, 3.8) is 0 Å². The lowest BCUT2D eigenvalue weighted by Gasteiger charge is -2.14. The van der Waals surface area contributed by atoms with Crippen LogP contribution in [-0.4, -0.2) is 23.9 Å². The zero-order valence-electron chi connectivity index (χ0n) is 10.5. The number of rotatable bonds is 6. The Balaban J connectivity index is 2.62. The van der Waals surface area contributed by atoms with Crippen molar-refractivity contribution in [2.75, 3.05) is 6.61 Å². The summed E-state index contributed by atoms with van der Waals surface area (Å²) in [6.45, 7) is 6.67. The van der Waals surface area contributed by atoms with Crippen LogP contribution in [0.25, 0.3) is 0 Å². The quantitative estimate of drug-likeness (QED) is 0.823. The predicted molar refractivity (Wildman–Crippen MR) is 70.6 cm³/mol. The number of aliphatic hydroxyl groups is 1. The highest BCUT2D eigenvalue weighted by molar-refractivity contribution is 6.32. The lowest BCUT2D eigenvalue weighted by Crippen LogP contribution is -2.28. The van der Waals surface area contributed by atoms with E-state index in [1.807, 2.05) is 39.0 Å². The highest BCUT2D eigenvalue weighted by atomic mass is 35.5. The van der Waals surface area contributed by atoms with E-state index in [4.69, 9.17) is 21.4 Å². The van der Waals surface area contributed by atoms with Gasteiger partial charge in [-0.2, -0.15) is 0 Å². The number of ether oxygens (including phenoxy) is 1. The van der Waals surface area contributed by atoms with Gasteiger partial charge in [-0.25, -0.2) is 0 Å². The van der Waals surface area contributed by atoms with Crippen LogP contribution in [0.1, 0.15) is 26.3 Å². The minimum Gasteiger partial charge on any atom is -0.489 e. The lowest BCUT2D eigenvalue weighted by molar-refractivity contribution is 0.242. The van der Waals surface area contributed by atoms with Gasteiger partial charge in [-0.05, 0) is 38.5 Å². The Morgan fingerprint density at radius 2 is 2.06 bits per heavy atom. The number of nitrogens with one attached hydrogen (secondary N) is 1. The Morgan fingerprint density at radius 1 is 1.35 bits per heavy atom. The first-order valence-electron chi connectivity index (χ1n) is 5.82. The summed E-state index contributed by atoms with van der Waals surface area (Å²) >= 11 is 6.12. The van der Waals surface area contributed by atoms with Gasteiger partial charge in [-0.15, -0.1) is 0 Å². The van der Waals surface area contributed by atoms with E-state index < -0.39 is 0 Å². The van der Waals surface area contributed by atoms with Gasteiger partial charge in [-0.3, -0.25) is 0 Å². The summed E-state index contributed by atoms with van der Waals surface area (Å²) in [4.78, 5) is 0. The van der Waals surface area contributed by atoms with Gasteiger partial charge in [0.2, 0.25) is 0 Å². The zero-order valence-corrected chi connectivity index (χ0v) is 11.3. The van der Waals surface area contributed by atoms with Gasteiger partial charge in [0.1, 0.15) is 5.75 Å². The third-order valence-corrected chi connectivity index (χ3v) is 2.58. The van der Waals surface area contributed by atoms with Crippen LogP contribution in [0.3, 0.4) is 0 Å². The van der Waals surface area contributed by atoms with E-state index in [0.717, 1.165) is 5.56 Å². The highest BCUT2D eigenvalue weighted by Gasteiger charge is 2.06. The summed E-state index contributed by atoms with van der Waals surface area (Å²) in [6, 6.07) is 5.82. The van der Waals surface area contributed by atoms with Gasteiger partial charge in [0.15, 0.2) is 0 Å². The van der Waals surface area contributed by atoms with Gasteiger partial charge >= 0.3 is 0 Å². The van der Waals surface area contributed by atoms with Gasteiger partial charge in [0.25, 0.3) is 0 Å². The smallest absolute Gasteiger partial charge is 0.138 e. The molecule has 0 saturated heterocycles. The predicted octanol–water partition coefficient (Wildman–Crippen LogP) is 2.60. The molecule has 0 aliphatic heterocycles. The lowest BCUT2D eigenvalue weighted by atomic mass is 10.2. The van der Waals surface area contributed by atoms with Crippen molar-refractivity contribution < 1.29 is 9.84 Å². The van der Waals surface area contributed by atoms with Crippen molar-refractivity contribution in [3.05, 3.63) is 28.8 Å². The maximum atomic E-state index is 8.90. The zero-order chi connectivity index (χ0) is 12.8. The maximum absolute atomic E-state index is 8.90. The first-order valence-corrected chi connectivity index (χ1v) is 6.20. The second-order valence-corrected chi connectivity index (χ2v) is 4.80. The molecule has 1 rings (SSSR count). The number of hydrogen-bond acceptors (Lipinski definition) is 3. The first-order chi connectivity index (χ1) is 8.02. The molecule has 0 saturated carbocycles. The van der Waals surface area contributed by atoms with Gasteiger partial charge in [0.05, 0.1) is 17.7 Å². The summed E-state index contributed by atoms with van der Waals surface area (Å²) in [5.41, 5.74) is 1.08. The van der Waals surface area contributed by atoms with E-state index in [9.17, 15) is 0 Å². The molecule has 0 radical (unpaired) electrons. The fourth-order valence-electron chi connectivity index (χ4n) is 1.36. The summed E-state index contributed by atoms with van der Waals surface area (Å²) in [5.74, 6) is 0.709. The molecule has 0 spiro atoms. The number of halogens is 1. The molecule has 0 aliphatic rings. The Labute approximate surface area is 108 Å². The van der Waals surface area contributed by atoms with E-state index in [1.165, 1.54) is 0 Å². The average molecular weight is 258 g/mol. The molecule has 1 aromatic carbocycles. The van der Waals surface area contributed by atoms with E-state index in [2.05, 4.69) is 5.32 Å². The summed E-state index contributed by atoms with van der Waals surface area (Å²) < 4.78 is 5.55. The first kappa shape index (κ1) is 14.3. The molecule has 17 heavy (non-hydrogen) atoms. The van der Waals surface area contributed by atoms with Gasteiger partial charge in [-0.1, -0.05) is 17.7 Å². The van der Waals surface area contributed by atoms with Crippen LogP contribution < -0.4 is 10.1 Å². The standard InChI is InChI=1S/C13H20ClNO2/c1-9(2)17-13-5-4-11(6-12(13)14)7-15-10(3)8-16/h4-6,9-10,15-16H,7-8H2,1-3H3. The molecule has 1 unspecified atom stereocenters. The number of aliphatic hydroxyl groups excluding tert-OH is 1. The molecule has 0 aliphatic carbocycles. The largest absolute Gasteiger partial charge is 0.489 e. The fraction of sp³-hybridized carbons (Fsp3) is 0.538. The third-order valence-electron chi connectivity index (χ3n) is 2.29. The van der Waals surface area contributed by atoms with E-state index in [1.54, 1.807) is 0 Å². The maximum Gasteiger partial charge on any atom is 0.138 e. The topological polar surface area (TPSA) is 41.5 Å². The Kier molecular flexibility index (Phi) is 5.75. The molecule has 0 aromatic heterocycles. The van der Waals surface area contributed by atoms with Crippen LogP contribution in [0.15, 0.2) is 18.2 Å². The Bertz CT molecular complexity index is 355. The number of benzene rings is 1. The van der Waals surface area contributed by atoms with E-state index >= 15 is 0 Å². The second kappa shape index (κ2) is 6.84. The SMILES string of the molecule is CC(CO)NCc1ccc(OC(C)C)c(Cl)c1. The number of hydrogen-bond donors (Lipinski definition) is 2. The molecule has 3 nitrogen and oxygen atoms in total. The monoisotopic (exact) mass is 257 g/mol. The molecule has 1 aromatic rings. The van der Waals surface area contributed by atoms with Crippen LogP contribution in [0, 0.1) is 0 Å². The van der Waals surface area contributed by atoms with Gasteiger partial charge < -0.3 is 15.2 Å². The van der Waals surface area contributed by atoms with Crippen molar-refractivity contribution >= 4 is 11.6 Å². The van der Waals surface area contributed by atoms with Crippen LogP contribution in [0.5, 0.6) is 5.75 Å². The van der Waals surface area contributed by atoms with Crippen LogP contribution in [0.2, 0.25) is 5.02 Å². The summed E-state index contributed by atoms with van der Waals surface area (Å²) in [5, 5.41) is 12.7. The van der Waals surface area contributed by atoms with Crippen molar-refractivity contribution in [2.24, 2.45) is 0 Å². The van der Waals surface area contributed by atoms with E-state index in [0.29, 0.717) is 17.3 Å². The highest BCUT2D eigenvalue weighted by Crippen LogP contribution is 2.26. The molecule has 0 fully saturated rings. The molecular formula is C13H20ClNO2. The minimum absolute atomic E-state index is 0.0837. The van der Waals surface area contributed by atoms with Crippen molar-refractivity contribution in [1.29, 1.82) is 0 Å². The average Bonchev–Trinajstić information content (AvgIpc) is 2.28. The van der Waals surface area contributed by atoms with Crippen LogP contribution in [0.4, 0.5) is 0 Å². The second-order valence-electron chi connectivity index (χ2n) is 4.40. The summed E-state index contributed by atoms with van der Waals surface area (Å²) in [6.07, 6.45) is 0.117. The Morgan fingerprint density at radius 3 is 2.59 bits per heavy atom. The molecular weight excluding hydrogens is 238 g/mol. The molecule has 96 valence electrons. The Hall–Kier alpha value is -0.770. The van der Waals surface area contributed by atoms with Crippen molar-refractivity contribution in [3.8, 4) is 5.75 Å². The summed E-state index contributed by atoms with van der Waals surface area (Å²) in [7, 11) is 0. The molecule has 0 amide bonds. The van der Waals surface area contributed by atoms with Crippen molar-refractivity contribution in [1.82, 2.24) is 5.32 Å². The fourth-order valence-corrected chi connectivity index (χ4v) is 1.61. The molecule has 4 heteroatoms. The van der Waals surface area contributed by atoms with Crippen molar-refractivity contribution in [2.45, 2.75) is 39.5 Å². The minimum atomic E-state index is 0.0837. The van der Waals surface area contributed by atoms with E-state index in [-0.39, 0.29) is 18.8 Å². The molecule has 2 N–H and O–H groups in total. The van der Waals surface area contributed by atoms with Crippen LogP contribution in [-0.2, 0) is 6.54 Å². The normalized spacial score (nSPS) is 12.8. The molecule has 0 bridgehead atoms. The third kappa shape index (κ3) is 4.94. The molecule has 0 heterocycles.